The fourth-order valence-electron chi connectivity index (χ4n) is 2.13. The zero-order valence-electron chi connectivity index (χ0n) is 12.2. The predicted octanol–water partition coefficient (Wildman–Crippen LogP) is 1.50. The Bertz CT molecular complexity index is 608. The SMILES string of the molecule is CCc1nnsc1-c1nnnn1CC(CC(C)C)C(=O)O. The second kappa shape index (κ2) is 6.70. The maximum atomic E-state index is 11.4. The van der Waals surface area contributed by atoms with Crippen LogP contribution in [0.15, 0.2) is 0 Å². The molecule has 0 fully saturated rings. The second-order valence-electron chi connectivity index (χ2n) is 5.25. The zero-order chi connectivity index (χ0) is 15.4. The van der Waals surface area contributed by atoms with Gasteiger partial charge in [0.25, 0.3) is 0 Å². The Morgan fingerprint density at radius 3 is 2.76 bits per heavy atom. The molecule has 0 saturated carbocycles. The van der Waals surface area contributed by atoms with Crippen molar-refractivity contribution in [2.75, 3.05) is 0 Å². The van der Waals surface area contributed by atoms with E-state index in [1.165, 1.54) is 16.2 Å². The van der Waals surface area contributed by atoms with E-state index >= 15 is 0 Å². The molecule has 1 atom stereocenters. The van der Waals surface area contributed by atoms with Gasteiger partial charge in [-0.3, -0.25) is 4.79 Å². The quantitative estimate of drug-likeness (QED) is 0.825. The summed E-state index contributed by atoms with van der Waals surface area (Å²) in [5.74, 6) is -0.513. The van der Waals surface area contributed by atoms with E-state index in [2.05, 4.69) is 25.1 Å². The molecule has 0 saturated heterocycles. The summed E-state index contributed by atoms with van der Waals surface area (Å²) >= 11 is 1.22. The van der Waals surface area contributed by atoms with Crippen LogP contribution in [0.5, 0.6) is 0 Å². The van der Waals surface area contributed by atoms with Crippen LogP contribution < -0.4 is 0 Å². The largest absolute Gasteiger partial charge is 0.481 e. The molecule has 2 aromatic heterocycles. The van der Waals surface area contributed by atoms with Crippen molar-refractivity contribution in [2.45, 2.75) is 40.2 Å². The molecule has 0 amide bonds. The van der Waals surface area contributed by atoms with Gasteiger partial charge >= 0.3 is 5.97 Å². The van der Waals surface area contributed by atoms with E-state index in [1.54, 1.807) is 0 Å². The Kier molecular flexibility index (Phi) is 4.94. The number of aryl methyl sites for hydroxylation is 1. The molecular weight excluding hydrogens is 292 g/mol. The number of carboxylic acid groups (broad SMARTS) is 1. The standard InChI is InChI=1S/C12H18N6O2S/c1-4-9-10(21-17-13-9)11-14-15-16-18(11)6-8(12(19)20)5-7(2)3/h7-8H,4-6H2,1-3H3,(H,19,20). The van der Waals surface area contributed by atoms with Gasteiger partial charge in [-0.25, -0.2) is 4.68 Å². The number of aliphatic carboxylic acids is 1. The van der Waals surface area contributed by atoms with Crippen LogP contribution in [-0.4, -0.2) is 40.9 Å². The van der Waals surface area contributed by atoms with Crippen molar-refractivity contribution < 1.29 is 9.90 Å². The van der Waals surface area contributed by atoms with Crippen molar-refractivity contribution in [2.24, 2.45) is 11.8 Å². The number of carboxylic acids is 1. The fraction of sp³-hybridized carbons (Fsp3) is 0.667. The minimum Gasteiger partial charge on any atom is -0.481 e. The van der Waals surface area contributed by atoms with Gasteiger partial charge in [0, 0.05) is 0 Å². The Morgan fingerprint density at radius 2 is 2.14 bits per heavy atom. The molecule has 0 aromatic carbocycles. The van der Waals surface area contributed by atoms with Gasteiger partial charge in [0.15, 0.2) is 5.82 Å². The molecule has 2 rings (SSSR count). The first kappa shape index (κ1) is 15.5. The Morgan fingerprint density at radius 1 is 1.38 bits per heavy atom. The van der Waals surface area contributed by atoms with E-state index in [9.17, 15) is 9.90 Å². The molecule has 0 radical (unpaired) electrons. The number of aromatic nitrogens is 6. The fourth-order valence-corrected chi connectivity index (χ4v) is 2.87. The summed E-state index contributed by atoms with van der Waals surface area (Å²) < 4.78 is 5.46. The summed E-state index contributed by atoms with van der Waals surface area (Å²) in [6.07, 6.45) is 1.31. The van der Waals surface area contributed by atoms with E-state index in [0.29, 0.717) is 18.2 Å². The molecule has 114 valence electrons. The molecule has 1 unspecified atom stereocenters. The van der Waals surface area contributed by atoms with Gasteiger partial charge in [-0.05, 0) is 40.7 Å². The lowest BCUT2D eigenvalue weighted by atomic mass is 9.97. The van der Waals surface area contributed by atoms with Gasteiger partial charge in [0.2, 0.25) is 0 Å². The highest BCUT2D eigenvalue weighted by molar-refractivity contribution is 7.09. The number of nitrogens with zero attached hydrogens (tertiary/aromatic N) is 6. The molecule has 0 aliphatic heterocycles. The highest BCUT2D eigenvalue weighted by Gasteiger charge is 2.24. The summed E-state index contributed by atoms with van der Waals surface area (Å²) in [7, 11) is 0. The average molecular weight is 310 g/mol. The van der Waals surface area contributed by atoms with E-state index < -0.39 is 11.9 Å². The Hall–Kier alpha value is -1.90. The molecule has 2 heterocycles. The van der Waals surface area contributed by atoms with Crippen LogP contribution in [0.25, 0.3) is 10.7 Å². The summed E-state index contributed by atoms with van der Waals surface area (Å²) in [5, 5.41) is 25.0. The van der Waals surface area contributed by atoms with Gasteiger partial charge in [0.05, 0.1) is 18.2 Å². The molecule has 1 N–H and O–H groups in total. The second-order valence-corrected chi connectivity index (χ2v) is 6.01. The maximum absolute atomic E-state index is 11.4. The molecule has 0 aliphatic carbocycles. The van der Waals surface area contributed by atoms with Crippen LogP contribution in [0, 0.1) is 11.8 Å². The van der Waals surface area contributed by atoms with Crippen LogP contribution >= 0.6 is 11.5 Å². The minimum atomic E-state index is -0.830. The van der Waals surface area contributed by atoms with Crippen LogP contribution in [0.3, 0.4) is 0 Å². The minimum absolute atomic E-state index is 0.247. The highest BCUT2D eigenvalue weighted by Crippen LogP contribution is 2.25. The van der Waals surface area contributed by atoms with Crippen LogP contribution in [0.2, 0.25) is 0 Å². The van der Waals surface area contributed by atoms with Crippen LogP contribution in [-0.2, 0) is 17.8 Å². The third-order valence-corrected chi connectivity index (χ3v) is 3.89. The van der Waals surface area contributed by atoms with Gasteiger partial charge < -0.3 is 5.11 Å². The van der Waals surface area contributed by atoms with E-state index in [0.717, 1.165) is 17.0 Å². The number of hydrogen-bond acceptors (Lipinski definition) is 7. The van der Waals surface area contributed by atoms with E-state index in [-0.39, 0.29) is 6.54 Å². The number of tetrazole rings is 1. The van der Waals surface area contributed by atoms with E-state index in [4.69, 9.17) is 0 Å². The summed E-state index contributed by atoms with van der Waals surface area (Å²) in [6.45, 7) is 6.22. The molecule has 0 aliphatic rings. The van der Waals surface area contributed by atoms with Crippen molar-refractivity contribution in [1.29, 1.82) is 0 Å². The van der Waals surface area contributed by atoms with Gasteiger partial charge in [0.1, 0.15) is 4.88 Å². The maximum Gasteiger partial charge on any atom is 0.308 e. The molecule has 0 bridgehead atoms. The van der Waals surface area contributed by atoms with E-state index in [1.807, 2.05) is 20.8 Å². The Labute approximate surface area is 126 Å². The smallest absolute Gasteiger partial charge is 0.308 e. The lowest BCUT2D eigenvalue weighted by Crippen LogP contribution is -2.23. The summed E-state index contributed by atoms with van der Waals surface area (Å²) in [6, 6.07) is 0. The monoisotopic (exact) mass is 310 g/mol. The highest BCUT2D eigenvalue weighted by atomic mass is 32.1. The topological polar surface area (TPSA) is 107 Å². The summed E-state index contributed by atoms with van der Waals surface area (Å²) in [5.41, 5.74) is 0.826. The predicted molar refractivity (Wildman–Crippen MR) is 76.7 cm³/mol. The molecule has 0 spiro atoms. The first-order valence-electron chi connectivity index (χ1n) is 6.83. The molecule has 2 aromatic rings. The van der Waals surface area contributed by atoms with Gasteiger partial charge in [-0.2, -0.15) is 0 Å². The number of hydrogen-bond donors (Lipinski definition) is 1. The Balaban J connectivity index is 2.26. The van der Waals surface area contributed by atoms with Crippen molar-refractivity contribution in [1.82, 2.24) is 29.8 Å². The van der Waals surface area contributed by atoms with Crippen LogP contribution in [0.1, 0.15) is 32.9 Å². The lowest BCUT2D eigenvalue weighted by Gasteiger charge is -2.14. The van der Waals surface area contributed by atoms with Gasteiger partial charge in [-0.1, -0.05) is 25.3 Å². The molecule has 21 heavy (non-hydrogen) atoms. The summed E-state index contributed by atoms with van der Waals surface area (Å²) in [4.78, 5) is 12.2. The number of carbonyl (C=O) groups is 1. The van der Waals surface area contributed by atoms with Crippen molar-refractivity contribution in [3.05, 3.63) is 5.69 Å². The molecular formula is C12H18N6O2S. The van der Waals surface area contributed by atoms with Crippen LogP contribution in [0.4, 0.5) is 0 Å². The lowest BCUT2D eigenvalue weighted by molar-refractivity contribution is -0.142. The molecule has 8 nitrogen and oxygen atoms in total. The van der Waals surface area contributed by atoms with Crippen molar-refractivity contribution in [3.63, 3.8) is 0 Å². The first-order valence-corrected chi connectivity index (χ1v) is 7.60. The third-order valence-electron chi connectivity index (χ3n) is 3.12. The third kappa shape index (κ3) is 3.60. The van der Waals surface area contributed by atoms with Crippen molar-refractivity contribution >= 4 is 17.5 Å². The zero-order valence-corrected chi connectivity index (χ0v) is 13.0. The average Bonchev–Trinajstić information content (AvgIpc) is 3.04. The molecule has 9 heteroatoms. The normalized spacial score (nSPS) is 12.8. The van der Waals surface area contributed by atoms with Crippen molar-refractivity contribution in [3.8, 4) is 10.7 Å². The number of rotatable bonds is 7. The van der Waals surface area contributed by atoms with Gasteiger partial charge in [-0.15, -0.1) is 10.2 Å². The first-order chi connectivity index (χ1) is 10.0.